The van der Waals surface area contributed by atoms with E-state index in [9.17, 15) is 9.59 Å². The molecule has 1 saturated heterocycles. The molecule has 1 atom stereocenters. The van der Waals surface area contributed by atoms with Gasteiger partial charge in [-0.15, -0.1) is 0 Å². The Balaban J connectivity index is 1.46. The number of nitrogens with zero attached hydrogens (tertiary/aromatic N) is 4. The summed E-state index contributed by atoms with van der Waals surface area (Å²) in [6, 6.07) is 12.6. The largest absolute Gasteiger partial charge is 0.347 e. The van der Waals surface area contributed by atoms with Gasteiger partial charge < -0.3 is 10.2 Å². The molecule has 1 unspecified atom stereocenters. The molecule has 0 aliphatic carbocycles. The molecule has 4 rings (SSSR count). The van der Waals surface area contributed by atoms with E-state index in [-0.39, 0.29) is 17.9 Å². The van der Waals surface area contributed by atoms with Crippen molar-refractivity contribution in [3.8, 4) is 5.82 Å². The fraction of sp³-hybridized carbons (Fsp3) is 0.158. The Morgan fingerprint density at radius 2 is 2.00 bits per heavy atom. The number of anilines is 1. The number of benzene rings is 1. The topological polar surface area (TPSA) is 80.1 Å². The van der Waals surface area contributed by atoms with Crippen LogP contribution in [0.1, 0.15) is 16.8 Å². The van der Waals surface area contributed by atoms with Gasteiger partial charge in [0, 0.05) is 42.8 Å². The lowest BCUT2D eigenvalue weighted by molar-refractivity contribution is -0.117. The van der Waals surface area contributed by atoms with Crippen molar-refractivity contribution in [1.29, 1.82) is 0 Å². The predicted molar refractivity (Wildman–Crippen MR) is 96.0 cm³/mol. The van der Waals surface area contributed by atoms with Crippen molar-refractivity contribution in [1.82, 2.24) is 19.9 Å². The Hall–Kier alpha value is -3.48. The number of rotatable bonds is 4. The lowest BCUT2D eigenvalue weighted by Crippen LogP contribution is -2.37. The van der Waals surface area contributed by atoms with Gasteiger partial charge in [-0.05, 0) is 24.3 Å². The highest BCUT2D eigenvalue weighted by Crippen LogP contribution is 2.21. The molecule has 1 fully saturated rings. The second-order valence-electron chi connectivity index (χ2n) is 6.09. The minimum Gasteiger partial charge on any atom is -0.347 e. The number of aromatic nitrogens is 3. The molecule has 3 aromatic rings. The summed E-state index contributed by atoms with van der Waals surface area (Å²) >= 11 is 0. The third-order valence-corrected chi connectivity index (χ3v) is 4.30. The minimum absolute atomic E-state index is 0.00957. The smallest absolute Gasteiger partial charge is 0.251 e. The van der Waals surface area contributed by atoms with Crippen LogP contribution in [0.5, 0.6) is 0 Å². The fourth-order valence-electron chi connectivity index (χ4n) is 3.03. The first kappa shape index (κ1) is 16.0. The number of para-hydroxylation sites is 1. The standard InChI is InChI=1S/C19H17N5O2/c25-18-11-15(12-24(18)16-4-2-1-3-5-16)22-19(26)14-6-7-21-17(10-14)23-9-8-20-13-23/h1-10,13,15H,11-12H2,(H,22,26). The van der Waals surface area contributed by atoms with E-state index >= 15 is 0 Å². The predicted octanol–water partition coefficient (Wildman–Crippen LogP) is 1.80. The maximum atomic E-state index is 12.6. The van der Waals surface area contributed by atoms with Gasteiger partial charge >= 0.3 is 0 Å². The number of nitrogens with one attached hydrogen (secondary N) is 1. The highest BCUT2D eigenvalue weighted by Gasteiger charge is 2.31. The summed E-state index contributed by atoms with van der Waals surface area (Å²) in [5, 5.41) is 2.94. The maximum Gasteiger partial charge on any atom is 0.251 e. The molecular formula is C19H17N5O2. The molecule has 7 heteroatoms. The van der Waals surface area contributed by atoms with Crippen LogP contribution in [0.2, 0.25) is 0 Å². The maximum absolute atomic E-state index is 12.6. The molecule has 26 heavy (non-hydrogen) atoms. The summed E-state index contributed by atoms with van der Waals surface area (Å²) in [5.41, 5.74) is 1.34. The summed E-state index contributed by atoms with van der Waals surface area (Å²) in [4.78, 5) is 34.8. The van der Waals surface area contributed by atoms with Crippen molar-refractivity contribution < 1.29 is 9.59 Å². The molecule has 0 saturated carbocycles. The minimum atomic E-state index is -0.222. The van der Waals surface area contributed by atoms with Crippen LogP contribution in [0.4, 0.5) is 5.69 Å². The van der Waals surface area contributed by atoms with Crippen LogP contribution in [0.3, 0.4) is 0 Å². The molecule has 1 aliphatic rings. The van der Waals surface area contributed by atoms with E-state index < -0.39 is 0 Å². The van der Waals surface area contributed by atoms with E-state index in [0.29, 0.717) is 24.3 Å². The van der Waals surface area contributed by atoms with Crippen molar-refractivity contribution in [3.05, 3.63) is 72.9 Å². The van der Waals surface area contributed by atoms with E-state index in [0.717, 1.165) is 5.69 Å². The molecule has 2 aromatic heterocycles. The second kappa shape index (κ2) is 6.79. The van der Waals surface area contributed by atoms with E-state index in [1.807, 2.05) is 30.3 Å². The van der Waals surface area contributed by atoms with Gasteiger partial charge in [-0.3, -0.25) is 14.2 Å². The molecule has 3 heterocycles. The van der Waals surface area contributed by atoms with Crippen molar-refractivity contribution in [3.63, 3.8) is 0 Å². The molecule has 1 N–H and O–H groups in total. The van der Waals surface area contributed by atoms with Gasteiger partial charge in [-0.1, -0.05) is 18.2 Å². The Labute approximate surface area is 150 Å². The zero-order chi connectivity index (χ0) is 17.9. The Bertz CT molecular complexity index is 924. The number of hydrogen-bond acceptors (Lipinski definition) is 4. The molecular weight excluding hydrogens is 330 g/mol. The third kappa shape index (κ3) is 3.19. The quantitative estimate of drug-likeness (QED) is 0.780. The second-order valence-corrected chi connectivity index (χ2v) is 6.09. The summed E-state index contributed by atoms with van der Waals surface area (Å²) in [5.74, 6) is 0.403. The average Bonchev–Trinajstić information content (AvgIpc) is 3.32. The number of carbonyl (C=O) groups excluding carboxylic acids is 2. The number of pyridine rings is 1. The van der Waals surface area contributed by atoms with Crippen molar-refractivity contribution in [2.75, 3.05) is 11.4 Å². The van der Waals surface area contributed by atoms with Crippen LogP contribution < -0.4 is 10.2 Å². The highest BCUT2D eigenvalue weighted by molar-refractivity contribution is 5.99. The molecule has 7 nitrogen and oxygen atoms in total. The Morgan fingerprint density at radius 3 is 2.77 bits per heavy atom. The first-order chi connectivity index (χ1) is 12.7. The zero-order valence-electron chi connectivity index (χ0n) is 13.9. The third-order valence-electron chi connectivity index (χ3n) is 4.30. The average molecular weight is 347 g/mol. The first-order valence-corrected chi connectivity index (χ1v) is 8.31. The summed E-state index contributed by atoms with van der Waals surface area (Å²) in [6.45, 7) is 0.466. The number of carbonyl (C=O) groups is 2. The first-order valence-electron chi connectivity index (χ1n) is 8.31. The van der Waals surface area contributed by atoms with Crippen molar-refractivity contribution in [2.45, 2.75) is 12.5 Å². The highest BCUT2D eigenvalue weighted by atomic mass is 16.2. The molecule has 0 bridgehead atoms. The molecule has 1 aromatic carbocycles. The van der Waals surface area contributed by atoms with E-state index in [1.165, 1.54) is 0 Å². The molecule has 1 aliphatic heterocycles. The number of imidazole rings is 1. The van der Waals surface area contributed by atoms with Crippen LogP contribution in [0.15, 0.2) is 67.4 Å². The van der Waals surface area contributed by atoms with Crippen molar-refractivity contribution >= 4 is 17.5 Å². The van der Waals surface area contributed by atoms with E-state index in [2.05, 4.69) is 15.3 Å². The van der Waals surface area contributed by atoms with Crippen LogP contribution in [-0.2, 0) is 4.79 Å². The SMILES string of the molecule is O=C(NC1CC(=O)N(c2ccccc2)C1)c1ccnc(-n2ccnc2)c1. The lowest BCUT2D eigenvalue weighted by atomic mass is 10.2. The van der Waals surface area contributed by atoms with E-state index in [1.54, 1.807) is 46.5 Å². The van der Waals surface area contributed by atoms with Gasteiger partial charge in [0.15, 0.2) is 0 Å². The van der Waals surface area contributed by atoms with Gasteiger partial charge in [0.25, 0.3) is 5.91 Å². The van der Waals surface area contributed by atoms with Gasteiger partial charge in [0.05, 0.1) is 6.04 Å². The number of hydrogen-bond donors (Lipinski definition) is 1. The molecule has 130 valence electrons. The van der Waals surface area contributed by atoms with Gasteiger partial charge in [-0.2, -0.15) is 0 Å². The molecule has 0 spiro atoms. The van der Waals surface area contributed by atoms with Gasteiger partial charge in [0.1, 0.15) is 12.1 Å². The lowest BCUT2D eigenvalue weighted by Gasteiger charge is -2.17. The monoisotopic (exact) mass is 347 g/mol. The fourth-order valence-corrected chi connectivity index (χ4v) is 3.03. The molecule has 0 radical (unpaired) electrons. The van der Waals surface area contributed by atoms with Crippen LogP contribution in [0.25, 0.3) is 5.82 Å². The van der Waals surface area contributed by atoms with Crippen LogP contribution in [0, 0.1) is 0 Å². The number of amides is 2. The molecule has 2 amide bonds. The van der Waals surface area contributed by atoms with E-state index in [4.69, 9.17) is 0 Å². The Morgan fingerprint density at radius 1 is 1.15 bits per heavy atom. The summed E-state index contributed by atoms with van der Waals surface area (Å²) < 4.78 is 1.73. The van der Waals surface area contributed by atoms with Crippen LogP contribution >= 0.6 is 0 Å². The summed E-state index contributed by atoms with van der Waals surface area (Å²) in [6.07, 6.45) is 6.91. The Kier molecular flexibility index (Phi) is 4.18. The van der Waals surface area contributed by atoms with Gasteiger partial charge in [-0.25, -0.2) is 9.97 Å². The van der Waals surface area contributed by atoms with Gasteiger partial charge in [0.2, 0.25) is 5.91 Å². The normalized spacial score (nSPS) is 16.7. The van der Waals surface area contributed by atoms with Crippen LogP contribution in [-0.4, -0.2) is 38.9 Å². The zero-order valence-corrected chi connectivity index (χ0v) is 13.9. The van der Waals surface area contributed by atoms with Crippen molar-refractivity contribution in [2.24, 2.45) is 0 Å². The summed E-state index contributed by atoms with van der Waals surface area (Å²) in [7, 11) is 0.